The van der Waals surface area contributed by atoms with Crippen LogP contribution in [0.25, 0.3) is 22.2 Å². The molecule has 0 atom stereocenters. The third kappa shape index (κ3) is 3.89. The summed E-state index contributed by atoms with van der Waals surface area (Å²) in [5.74, 6) is -0.674. The number of nitrogen functional groups attached to an aromatic ring is 1. The smallest absolute Gasteiger partial charge is 0.344 e. The summed E-state index contributed by atoms with van der Waals surface area (Å²) in [6.45, 7) is 2.46. The molecule has 2 heterocycles. The fraction of sp³-hybridized carbons (Fsp3) is 0.182. The van der Waals surface area contributed by atoms with Gasteiger partial charge in [0.25, 0.3) is 5.91 Å². The Hall–Kier alpha value is -3.65. The molecule has 3 N–H and O–H groups in total. The van der Waals surface area contributed by atoms with Crippen molar-refractivity contribution >= 4 is 51.5 Å². The standard InChI is InChI=1S/C22H20ClN5O3/c1-2-31-22(30)17-18-20(27-16-10-6-5-9-15(16)26-18)28(19(17)24)12-11-25-21(29)13-7-3-4-8-14(13)23/h3-10H,2,11-12,24H2,1H3,(H,25,29). The molecule has 0 spiro atoms. The van der Waals surface area contributed by atoms with Gasteiger partial charge in [0.15, 0.2) is 5.65 Å². The van der Waals surface area contributed by atoms with Crippen LogP contribution in [0.3, 0.4) is 0 Å². The largest absolute Gasteiger partial charge is 0.462 e. The number of amides is 1. The molecular formula is C22H20ClN5O3. The predicted molar refractivity (Wildman–Crippen MR) is 119 cm³/mol. The maximum absolute atomic E-state index is 12.6. The quantitative estimate of drug-likeness (QED) is 0.447. The van der Waals surface area contributed by atoms with E-state index in [2.05, 4.69) is 15.3 Å². The molecule has 4 rings (SSSR count). The number of rotatable bonds is 6. The summed E-state index contributed by atoms with van der Waals surface area (Å²) < 4.78 is 6.83. The van der Waals surface area contributed by atoms with Gasteiger partial charge >= 0.3 is 5.97 Å². The fourth-order valence-corrected chi connectivity index (χ4v) is 3.59. The number of anilines is 1. The van der Waals surface area contributed by atoms with Crippen LogP contribution in [0.2, 0.25) is 5.02 Å². The number of esters is 1. The summed E-state index contributed by atoms with van der Waals surface area (Å²) in [5.41, 5.74) is 9.00. The van der Waals surface area contributed by atoms with Gasteiger partial charge in [-0.15, -0.1) is 0 Å². The number of nitrogens with zero attached hydrogens (tertiary/aromatic N) is 3. The Balaban J connectivity index is 1.68. The number of ether oxygens (including phenoxy) is 1. The second-order valence-electron chi connectivity index (χ2n) is 6.75. The minimum Gasteiger partial charge on any atom is -0.462 e. The van der Waals surface area contributed by atoms with Gasteiger partial charge in [-0.1, -0.05) is 35.9 Å². The zero-order chi connectivity index (χ0) is 22.0. The zero-order valence-electron chi connectivity index (χ0n) is 16.8. The van der Waals surface area contributed by atoms with Crippen LogP contribution in [-0.4, -0.2) is 39.6 Å². The van der Waals surface area contributed by atoms with Crippen molar-refractivity contribution in [2.24, 2.45) is 0 Å². The normalized spacial score (nSPS) is 11.0. The van der Waals surface area contributed by atoms with Gasteiger partial charge in [-0.25, -0.2) is 14.8 Å². The molecule has 2 aromatic heterocycles. The number of carbonyl (C=O) groups excluding carboxylic acids is 2. The van der Waals surface area contributed by atoms with E-state index in [0.29, 0.717) is 32.8 Å². The van der Waals surface area contributed by atoms with E-state index >= 15 is 0 Å². The molecule has 0 aliphatic rings. The number of aromatic nitrogens is 3. The minimum absolute atomic E-state index is 0.174. The SMILES string of the molecule is CCOC(=O)c1c(N)n(CCNC(=O)c2ccccc2Cl)c2nc3ccccc3nc12. The molecule has 9 heteroatoms. The average molecular weight is 438 g/mol. The highest BCUT2D eigenvalue weighted by Crippen LogP contribution is 2.28. The molecule has 0 unspecified atom stereocenters. The number of nitrogens with two attached hydrogens (primary N) is 1. The van der Waals surface area contributed by atoms with Crippen molar-refractivity contribution in [1.82, 2.24) is 19.9 Å². The van der Waals surface area contributed by atoms with Crippen LogP contribution >= 0.6 is 11.6 Å². The fourth-order valence-electron chi connectivity index (χ4n) is 3.37. The Morgan fingerprint density at radius 1 is 1.10 bits per heavy atom. The van der Waals surface area contributed by atoms with Gasteiger partial charge in [-0.05, 0) is 31.2 Å². The van der Waals surface area contributed by atoms with E-state index in [1.54, 1.807) is 35.8 Å². The first kappa shape index (κ1) is 20.6. The number of hydrogen-bond donors (Lipinski definition) is 2. The van der Waals surface area contributed by atoms with Crippen LogP contribution in [0.5, 0.6) is 0 Å². The molecular weight excluding hydrogens is 418 g/mol. The van der Waals surface area contributed by atoms with E-state index in [1.165, 1.54) is 0 Å². The second kappa shape index (κ2) is 8.61. The number of halogens is 1. The average Bonchev–Trinajstić information content (AvgIpc) is 3.03. The van der Waals surface area contributed by atoms with Crippen molar-refractivity contribution in [3.63, 3.8) is 0 Å². The van der Waals surface area contributed by atoms with Crippen LogP contribution in [0.15, 0.2) is 48.5 Å². The lowest BCUT2D eigenvalue weighted by molar-refractivity contribution is 0.0529. The van der Waals surface area contributed by atoms with Gasteiger partial charge in [0.2, 0.25) is 0 Å². The third-order valence-electron chi connectivity index (χ3n) is 4.81. The topological polar surface area (TPSA) is 112 Å². The first-order chi connectivity index (χ1) is 15.0. The molecule has 1 amide bonds. The van der Waals surface area contributed by atoms with Gasteiger partial charge in [-0.2, -0.15) is 0 Å². The lowest BCUT2D eigenvalue weighted by Crippen LogP contribution is -2.28. The predicted octanol–water partition coefficient (Wildman–Crippen LogP) is 3.43. The lowest BCUT2D eigenvalue weighted by Gasteiger charge is -2.10. The van der Waals surface area contributed by atoms with Crippen LogP contribution in [0.1, 0.15) is 27.6 Å². The Labute approximate surface area is 183 Å². The Morgan fingerprint density at radius 3 is 2.48 bits per heavy atom. The van der Waals surface area contributed by atoms with E-state index in [0.717, 1.165) is 0 Å². The highest BCUT2D eigenvalue weighted by Gasteiger charge is 2.25. The van der Waals surface area contributed by atoms with Gasteiger partial charge in [0.05, 0.1) is 28.2 Å². The first-order valence-electron chi connectivity index (χ1n) is 9.75. The molecule has 8 nitrogen and oxygen atoms in total. The second-order valence-corrected chi connectivity index (χ2v) is 7.16. The van der Waals surface area contributed by atoms with E-state index in [4.69, 9.17) is 22.1 Å². The Morgan fingerprint density at radius 2 is 1.77 bits per heavy atom. The summed E-state index contributed by atoms with van der Waals surface area (Å²) in [6.07, 6.45) is 0. The molecule has 31 heavy (non-hydrogen) atoms. The summed E-state index contributed by atoms with van der Waals surface area (Å²) in [4.78, 5) is 34.3. The molecule has 0 radical (unpaired) electrons. The maximum Gasteiger partial charge on any atom is 0.344 e. The van der Waals surface area contributed by atoms with Gasteiger partial charge in [0.1, 0.15) is 16.9 Å². The van der Waals surface area contributed by atoms with Crippen molar-refractivity contribution in [3.05, 3.63) is 64.7 Å². The van der Waals surface area contributed by atoms with Crippen molar-refractivity contribution in [1.29, 1.82) is 0 Å². The van der Waals surface area contributed by atoms with Gasteiger partial charge < -0.3 is 20.4 Å². The van der Waals surface area contributed by atoms with Crippen LogP contribution in [-0.2, 0) is 11.3 Å². The Bertz CT molecular complexity index is 1300. The Kier molecular flexibility index (Phi) is 5.73. The molecule has 0 fully saturated rings. The molecule has 0 saturated heterocycles. The number of hydrogen-bond acceptors (Lipinski definition) is 6. The van der Waals surface area contributed by atoms with Crippen LogP contribution < -0.4 is 11.1 Å². The number of benzene rings is 2. The molecule has 4 aromatic rings. The van der Waals surface area contributed by atoms with E-state index in [-0.39, 0.29) is 37.0 Å². The van der Waals surface area contributed by atoms with E-state index < -0.39 is 5.97 Å². The van der Waals surface area contributed by atoms with E-state index in [9.17, 15) is 9.59 Å². The molecule has 0 saturated carbocycles. The molecule has 2 aromatic carbocycles. The minimum atomic E-state index is -0.562. The van der Waals surface area contributed by atoms with Crippen molar-refractivity contribution < 1.29 is 14.3 Å². The molecule has 0 bridgehead atoms. The van der Waals surface area contributed by atoms with E-state index in [1.807, 2.05) is 24.3 Å². The monoisotopic (exact) mass is 437 g/mol. The number of carbonyl (C=O) groups is 2. The summed E-state index contributed by atoms with van der Waals surface area (Å²) >= 11 is 6.09. The first-order valence-corrected chi connectivity index (χ1v) is 10.1. The van der Waals surface area contributed by atoms with Crippen molar-refractivity contribution in [3.8, 4) is 0 Å². The number of fused-ring (bicyclic) bond motifs is 2. The maximum atomic E-state index is 12.6. The van der Waals surface area contributed by atoms with Gasteiger partial charge in [-0.3, -0.25) is 4.79 Å². The number of para-hydroxylation sites is 2. The van der Waals surface area contributed by atoms with Crippen molar-refractivity contribution in [2.75, 3.05) is 18.9 Å². The number of nitrogens with one attached hydrogen (secondary N) is 1. The zero-order valence-corrected chi connectivity index (χ0v) is 17.5. The summed E-state index contributed by atoms with van der Waals surface area (Å²) in [7, 11) is 0. The highest BCUT2D eigenvalue weighted by atomic mass is 35.5. The van der Waals surface area contributed by atoms with Crippen molar-refractivity contribution in [2.45, 2.75) is 13.5 Å². The summed E-state index contributed by atoms with van der Waals surface area (Å²) in [6, 6.07) is 14.1. The third-order valence-corrected chi connectivity index (χ3v) is 5.14. The molecule has 0 aliphatic heterocycles. The van der Waals surface area contributed by atoms with Gasteiger partial charge in [0, 0.05) is 13.1 Å². The summed E-state index contributed by atoms with van der Waals surface area (Å²) in [5, 5.41) is 3.19. The highest BCUT2D eigenvalue weighted by molar-refractivity contribution is 6.33. The molecule has 0 aliphatic carbocycles. The van der Waals surface area contributed by atoms with Crippen LogP contribution in [0.4, 0.5) is 5.82 Å². The lowest BCUT2D eigenvalue weighted by atomic mass is 10.2. The molecule has 158 valence electrons. The van der Waals surface area contributed by atoms with Crippen LogP contribution in [0, 0.1) is 0 Å².